The molecule has 6 heteroatoms. The molecule has 0 saturated carbocycles. The van der Waals surface area contributed by atoms with Crippen LogP contribution >= 0.6 is 15.9 Å². The van der Waals surface area contributed by atoms with Crippen LogP contribution in [-0.2, 0) is 11.3 Å². The highest BCUT2D eigenvalue weighted by atomic mass is 79.9. The number of amides is 3. The summed E-state index contributed by atoms with van der Waals surface area (Å²) in [5, 5.41) is 2.48. The molecule has 1 heterocycles. The number of nitrogens with one attached hydrogen (secondary N) is 1. The maximum absolute atomic E-state index is 11.4. The second kappa shape index (κ2) is 4.75. The molecule has 17 heavy (non-hydrogen) atoms. The van der Waals surface area contributed by atoms with Crippen molar-refractivity contribution < 1.29 is 14.3 Å². The molecule has 0 radical (unpaired) electrons. The molecule has 1 aliphatic rings. The minimum Gasteiger partial charge on any atom is -0.496 e. The first-order valence-electron chi connectivity index (χ1n) is 5.02. The van der Waals surface area contributed by atoms with Crippen LogP contribution in [0.2, 0.25) is 0 Å². The maximum Gasteiger partial charge on any atom is 0.324 e. The van der Waals surface area contributed by atoms with Gasteiger partial charge < -0.3 is 10.1 Å². The SMILES string of the molecule is COc1ccc(CN2C(=O)CNC2=O)cc1Br. The second-order valence-electron chi connectivity index (χ2n) is 3.61. The molecule has 0 aliphatic carbocycles. The quantitative estimate of drug-likeness (QED) is 0.861. The fourth-order valence-electron chi connectivity index (χ4n) is 1.61. The van der Waals surface area contributed by atoms with Crippen molar-refractivity contribution in [1.29, 1.82) is 0 Å². The number of carbonyl (C=O) groups excluding carboxylic acids is 2. The summed E-state index contributed by atoms with van der Waals surface area (Å²) >= 11 is 3.36. The van der Waals surface area contributed by atoms with Gasteiger partial charge in [0.25, 0.3) is 0 Å². The number of methoxy groups -OCH3 is 1. The summed E-state index contributed by atoms with van der Waals surface area (Å²) in [4.78, 5) is 23.9. The van der Waals surface area contributed by atoms with Crippen LogP contribution in [0.15, 0.2) is 22.7 Å². The highest BCUT2D eigenvalue weighted by Crippen LogP contribution is 2.26. The Labute approximate surface area is 107 Å². The minimum atomic E-state index is -0.345. The fourth-order valence-corrected chi connectivity index (χ4v) is 2.19. The predicted molar refractivity (Wildman–Crippen MR) is 64.6 cm³/mol. The Balaban J connectivity index is 2.16. The van der Waals surface area contributed by atoms with Gasteiger partial charge in [-0.3, -0.25) is 9.69 Å². The highest BCUT2D eigenvalue weighted by Gasteiger charge is 2.28. The summed E-state index contributed by atoms with van der Waals surface area (Å²) in [6, 6.07) is 5.10. The highest BCUT2D eigenvalue weighted by molar-refractivity contribution is 9.10. The predicted octanol–water partition coefficient (Wildman–Crippen LogP) is 1.51. The van der Waals surface area contributed by atoms with Gasteiger partial charge in [0.05, 0.1) is 24.7 Å². The van der Waals surface area contributed by atoms with Gasteiger partial charge in [0.15, 0.2) is 0 Å². The molecule has 1 N–H and O–H groups in total. The number of rotatable bonds is 3. The number of imide groups is 1. The van der Waals surface area contributed by atoms with Crippen LogP contribution in [-0.4, -0.2) is 30.5 Å². The van der Waals surface area contributed by atoms with Gasteiger partial charge in [-0.05, 0) is 33.6 Å². The Hall–Kier alpha value is -1.56. The monoisotopic (exact) mass is 298 g/mol. The van der Waals surface area contributed by atoms with Crippen molar-refractivity contribution >= 4 is 27.9 Å². The van der Waals surface area contributed by atoms with Gasteiger partial charge in [0, 0.05) is 0 Å². The molecule has 0 aromatic heterocycles. The molecule has 1 aliphatic heterocycles. The summed E-state index contributed by atoms with van der Waals surface area (Å²) in [7, 11) is 1.58. The second-order valence-corrected chi connectivity index (χ2v) is 4.46. The van der Waals surface area contributed by atoms with Crippen LogP contribution in [0, 0.1) is 0 Å². The minimum absolute atomic E-state index is 0.0795. The van der Waals surface area contributed by atoms with Crippen molar-refractivity contribution in [2.75, 3.05) is 13.7 Å². The summed E-state index contributed by atoms with van der Waals surface area (Å²) in [5.74, 6) is 0.507. The topological polar surface area (TPSA) is 58.6 Å². The average molecular weight is 299 g/mol. The van der Waals surface area contributed by atoms with Gasteiger partial charge in [-0.25, -0.2) is 4.79 Å². The van der Waals surface area contributed by atoms with Gasteiger partial charge in [-0.15, -0.1) is 0 Å². The van der Waals surface area contributed by atoms with Crippen LogP contribution in [0.5, 0.6) is 5.75 Å². The molecule has 1 fully saturated rings. The Morgan fingerprint density at radius 3 is 2.76 bits per heavy atom. The molecule has 5 nitrogen and oxygen atoms in total. The number of ether oxygens (including phenoxy) is 1. The molecular weight excluding hydrogens is 288 g/mol. The van der Waals surface area contributed by atoms with E-state index >= 15 is 0 Å². The number of hydrogen-bond donors (Lipinski definition) is 1. The van der Waals surface area contributed by atoms with Crippen LogP contribution in [0.25, 0.3) is 0 Å². The number of hydrogen-bond acceptors (Lipinski definition) is 3. The lowest BCUT2D eigenvalue weighted by Gasteiger charge is -2.13. The first-order chi connectivity index (χ1) is 8.11. The lowest BCUT2D eigenvalue weighted by molar-refractivity contribution is -0.125. The van der Waals surface area contributed by atoms with Gasteiger partial charge in [-0.2, -0.15) is 0 Å². The number of carbonyl (C=O) groups is 2. The molecule has 0 unspecified atom stereocenters. The van der Waals surface area contributed by atoms with E-state index in [0.717, 1.165) is 10.0 Å². The normalized spacial score (nSPS) is 15.1. The van der Waals surface area contributed by atoms with E-state index in [1.54, 1.807) is 13.2 Å². The number of benzene rings is 1. The fraction of sp³-hybridized carbons (Fsp3) is 0.273. The first-order valence-corrected chi connectivity index (χ1v) is 5.81. The molecule has 1 saturated heterocycles. The van der Waals surface area contributed by atoms with Crippen molar-refractivity contribution in [3.63, 3.8) is 0 Å². The number of nitrogens with zero attached hydrogens (tertiary/aromatic N) is 1. The van der Waals surface area contributed by atoms with Crippen LogP contribution in [0.4, 0.5) is 4.79 Å². The summed E-state index contributed by atoms with van der Waals surface area (Å²) in [5.41, 5.74) is 0.864. The Bertz CT molecular complexity index is 460. The van der Waals surface area contributed by atoms with Gasteiger partial charge >= 0.3 is 6.03 Å². The summed E-state index contributed by atoms with van der Waals surface area (Å²) in [6.07, 6.45) is 0. The van der Waals surface area contributed by atoms with E-state index in [-0.39, 0.29) is 25.0 Å². The van der Waals surface area contributed by atoms with Crippen molar-refractivity contribution in [3.05, 3.63) is 28.2 Å². The third kappa shape index (κ3) is 2.41. The van der Waals surface area contributed by atoms with Crippen molar-refractivity contribution in [2.24, 2.45) is 0 Å². The Morgan fingerprint density at radius 2 is 2.24 bits per heavy atom. The lowest BCUT2D eigenvalue weighted by Crippen LogP contribution is -2.30. The number of halogens is 1. The van der Waals surface area contributed by atoms with Gasteiger partial charge in [0.2, 0.25) is 5.91 Å². The first kappa shape index (κ1) is 11.9. The van der Waals surface area contributed by atoms with E-state index in [1.807, 2.05) is 12.1 Å². The van der Waals surface area contributed by atoms with E-state index in [0.29, 0.717) is 5.75 Å². The standard InChI is InChI=1S/C11H11BrN2O3/c1-17-9-3-2-7(4-8(9)12)6-14-10(15)5-13-11(14)16/h2-4H,5-6H2,1H3,(H,13,16). The summed E-state index contributed by atoms with van der Waals surface area (Å²) < 4.78 is 5.90. The molecular formula is C11H11BrN2O3. The zero-order valence-electron chi connectivity index (χ0n) is 9.20. The van der Waals surface area contributed by atoms with Crippen molar-refractivity contribution in [1.82, 2.24) is 10.2 Å². The zero-order valence-corrected chi connectivity index (χ0v) is 10.8. The van der Waals surface area contributed by atoms with Crippen LogP contribution in [0.3, 0.4) is 0 Å². The van der Waals surface area contributed by atoms with E-state index in [9.17, 15) is 9.59 Å². The Kier molecular flexibility index (Phi) is 3.33. The van der Waals surface area contributed by atoms with E-state index in [1.165, 1.54) is 4.90 Å². The molecule has 0 atom stereocenters. The molecule has 0 spiro atoms. The molecule has 90 valence electrons. The maximum atomic E-state index is 11.4. The van der Waals surface area contributed by atoms with Crippen molar-refractivity contribution in [2.45, 2.75) is 6.54 Å². The molecule has 3 amide bonds. The molecule has 2 rings (SSSR count). The smallest absolute Gasteiger partial charge is 0.324 e. The summed E-state index contributed by atoms with van der Waals surface area (Å²) in [6.45, 7) is 0.351. The van der Waals surface area contributed by atoms with Crippen LogP contribution < -0.4 is 10.1 Å². The van der Waals surface area contributed by atoms with Gasteiger partial charge in [-0.1, -0.05) is 6.07 Å². The molecule has 0 bridgehead atoms. The third-order valence-corrected chi connectivity index (χ3v) is 3.11. The molecule has 1 aromatic rings. The third-order valence-electron chi connectivity index (χ3n) is 2.49. The van der Waals surface area contributed by atoms with E-state index in [2.05, 4.69) is 21.2 Å². The average Bonchev–Trinajstić information content (AvgIpc) is 2.61. The van der Waals surface area contributed by atoms with E-state index in [4.69, 9.17) is 4.74 Å². The van der Waals surface area contributed by atoms with Crippen LogP contribution in [0.1, 0.15) is 5.56 Å². The molecule has 1 aromatic carbocycles. The van der Waals surface area contributed by atoms with E-state index < -0.39 is 0 Å². The van der Waals surface area contributed by atoms with Crippen molar-refractivity contribution in [3.8, 4) is 5.75 Å². The lowest BCUT2D eigenvalue weighted by atomic mass is 10.2. The van der Waals surface area contributed by atoms with Gasteiger partial charge in [0.1, 0.15) is 5.75 Å². The largest absolute Gasteiger partial charge is 0.496 e. The zero-order chi connectivity index (χ0) is 12.4. The Morgan fingerprint density at radius 1 is 1.47 bits per heavy atom. The number of urea groups is 1.